The lowest BCUT2D eigenvalue weighted by Gasteiger charge is -2.31. The highest BCUT2D eigenvalue weighted by molar-refractivity contribution is 9.10. The monoisotopic (exact) mass is 355 g/mol. The first kappa shape index (κ1) is 13.9. The van der Waals surface area contributed by atoms with Gasteiger partial charge in [-0.2, -0.15) is 0 Å². The lowest BCUT2D eigenvalue weighted by molar-refractivity contribution is 0.161. The molecule has 5 heteroatoms. The summed E-state index contributed by atoms with van der Waals surface area (Å²) in [5, 5.41) is 0.643. The number of rotatable bonds is 1. The van der Waals surface area contributed by atoms with Crippen LogP contribution in [0.3, 0.4) is 0 Å². The molecule has 20 heavy (non-hydrogen) atoms. The first-order valence-electron chi connectivity index (χ1n) is 6.21. The van der Waals surface area contributed by atoms with Crippen molar-refractivity contribution in [2.45, 2.75) is 18.6 Å². The number of hydrogen-bond acceptors (Lipinski definition) is 2. The molecule has 1 heterocycles. The predicted octanol–water partition coefficient (Wildman–Crippen LogP) is 4.77. The van der Waals surface area contributed by atoms with Crippen molar-refractivity contribution in [2.75, 3.05) is 0 Å². The molecule has 2 atom stereocenters. The molecule has 0 spiro atoms. The van der Waals surface area contributed by atoms with E-state index >= 15 is 0 Å². The van der Waals surface area contributed by atoms with Crippen LogP contribution in [0.1, 0.15) is 29.7 Å². The van der Waals surface area contributed by atoms with Crippen molar-refractivity contribution in [3.05, 3.63) is 62.8 Å². The van der Waals surface area contributed by atoms with Gasteiger partial charge in [0.1, 0.15) is 17.7 Å². The summed E-state index contributed by atoms with van der Waals surface area (Å²) in [6, 6.07) is 9.85. The molecule has 104 valence electrons. The molecule has 3 rings (SSSR count). The number of hydrogen-bond donors (Lipinski definition) is 1. The molecule has 0 aliphatic carbocycles. The Morgan fingerprint density at radius 3 is 2.75 bits per heavy atom. The first-order valence-corrected chi connectivity index (χ1v) is 7.38. The predicted molar refractivity (Wildman–Crippen MR) is 80.5 cm³/mol. The van der Waals surface area contributed by atoms with Gasteiger partial charge in [-0.05, 0) is 30.3 Å². The second kappa shape index (κ2) is 5.35. The van der Waals surface area contributed by atoms with Gasteiger partial charge in [-0.3, -0.25) is 0 Å². The molecule has 0 bridgehead atoms. The molecular formula is C15H12BrClFNO. The minimum Gasteiger partial charge on any atom is -0.485 e. The highest BCUT2D eigenvalue weighted by Crippen LogP contribution is 2.42. The molecule has 2 nitrogen and oxygen atoms in total. The fourth-order valence-corrected chi connectivity index (χ4v) is 3.22. The Morgan fingerprint density at radius 1 is 1.20 bits per heavy atom. The van der Waals surface area contributed by atoms with Gasteiger partial charge in [-0.25, -0.2) is 4.39 Å². The molecule has 0 saturated heterocycles. The highest BCUT2D eigenvalue weighted by Gasteiger charge is 2.28. The molecule has 0 fully saturated rings. The number of nitrogens with two attached hydrogens (primary N) is 1. The fourth-order valence-electron chi connectivity index (χ4n) is 2.43. The van der Waals surface area contributed by atoms with Gasteiger partial charge in [0.25, 0.3) is 0 Å². The third-order valence-electron chi connectivity index (χ3n) is 3.42. The summed E-state index contributed by atoms with van der Waals surface area (Å²) in [5.74, 6) is 0.447. The molecule has 1 aliphatic rings. The fraction of sp³-hybridized carbons (Fsp3) is 0.200. The number of ether oxygens (including phenoxy) is 1. The van der Waals surface area contributed by atoms with Crippen LogP contribution in [0.4, 0.5) is 4.39 Å². The van der Waals surface area contributed by atoms with Crippen LogP contribution in [0.15, 0.2) is 40.9 Å². The third-order valence-corrected chi connectivity index (χ3v) is 4.34. The van der Waals surface area contributed by atoms with E-state index in [-0.39, 0.29) is 18.0 Å². The second-order valence-electron chi connectivity index (χ2n) is 4.80. The maximum Gasteiger partial charge on any atom is 0.127 e. The van der Waals surface area contributed by atoms with Gasteiger partial charge in [-0.15, -0.1) is 0 Å². The smallest absolute Gasteiger partial charge is 0.127 e. The topological polar surface area (TPSA) is 35.2 Å². The van der Waals surface area contributed by atoms with Crippen molar-refractivity contribution in [1.29, 1.82) is 0 Å². The minimum absolute atomic E-state index is 0.153. The van der Waals surface area contributed by atoms with E-state index in [4.69, 9.17) is 22.1 Å². The summed E-state index contributed by atoms with van der Waals surface area (Å²) in [6.45, 7) is 0. The Labute approximate surface area is 129 Å². The van der Waals surface area contributed by atoms with Crippen LogP contribution in [-0.2, 0) is 0 Å². The summed E-state index contributed by atoms with van der Waals surface area (Å²) >= 11 is 9.35. The number of fused-ring (bicyclic) bond motifs is 1. The van der Waals surface area contributed by atoms with E-state index in [0.29, 0.717) is 15.9 Å². The Bertz CT molecular complexity index is 664. The molecule has 0 amide bonds. The molecule has 0 saturated carbocycles. The number of benzene rings is 2. The Balaban J connectivity index is 1.97. The van der Waals surface area contributed by atoms with Crippen molar-refractivity contribution in [3.8, 4) is 5.75 Å². The largest absolute Gasteiger partial charge is 0.485 e. The SMILES string of the molecule is N[C@@H]1CC(c2ccc(F)cc2Br)Oc2ccc(Cl)cc21. The zero-order chi connectivity index (χ0) is 14.3. The normalized spacial score (nSPS) is 21.2. The maximum absolute atomic E-state index is 13.2. The summed E-state index contributed by atoms with van der Waals surface area (Å²) in [5.41, 5.74) is 8.00. The standard InChI is InChI=1S/C15H12BrClFNO/c16-12-6-9(18)2-3-10(12)15-7-13(19)11-5-8(17)1-4-14(11)20-15/h1-6,13,15H,7,19H2/t13-,15?/m1/s1. The van der Waals surface area contributed by atoms with E-state index in [1.165, 1.54) is 12.1 Å². The average Bonchev–Trinajstić information content (AvgIpc) is 2.39. The van der Waals surface area contributed by atoms with E-state index in [1.54, 1.807) is 12.1 Å². The van der Waals surface area contributed by atoms with Gasteiger partial charge in [0, 0.05) is 33.1 Å². The number of halogens is 3. The van der Waals surface area contributed by atoms with Gasteiger partial charge in [-0.1, -0.05) is 33.6 Å². The molecular weight excluding hydrogens is 345 g/mol. The molecule has 0 aromatic heterocycles. The van der Waals surface area contributed by atoms with E-state index < -0.39 is 0 Å². The highest BCUT2D eigenvalue weighted by atomic mass is 79.9. The van der Waals surface area contributed by atoms with Crippen LogP contribution in [0.5, 0.6) is 5.75 Å². The average molecular weight is 357 g/mol. The third kappa shape index (κ3) is 2.55. The quantitative estimate of drug-likeness (QED) is 0.799. The van der Waals surface area contributed by atoms with E-state index in [1.807, 2.05) is 12.1 Å². The van der Waals surface area contributed by atoms with Crippen molar-refractivity contribution in [1.82, 2.24) is 0 Å². The molecule has 2 aromatic rings. The summed E-state index contributed by atoms with van der Waals surface area (Å²) in [7, 11) is 0. The van der Waals surface area contributed by atoms with Crippen LogP contribution in [0.2, 0.25) is 5.02 Å². The summed E-state index contributed by atoms with van der Waals surface area (Å²) in [4.78, 5) is 0. The molecule has 1 unspecified atom stereocenters. The van der Waals surface area contributed by atoms with E-state index in [9.17, 15) is 4.39 Å². The minimum atomic E-state index is -0.284. The van der Waals surface area contributed by atoms with Crippen molar-refractivity contribution >= 4 is 27.5 Å². The van der Waals surface area contributed by atoms with Crippen molar-refractivity contribution < 1.29 is 9.13 Å². The van der Waals surface area contributed by atoms with Crippen LogP contribution < -0.4 is 10.5 Å². The zero-order valence-electron chi connectivity index (χ0n) is 10.4. The Hall–Kier alpha value is -1.10. The van der Waals surface area contributed by atoms with Crippen LogP contribution in [0, 0.1) is 5.82 Å². The Morgan fingerprint density at radius 2 is 2.00 bits per heavy atom. The van der Waals surface area contributed by atoms with E-state index in [0.717, 1.165) is 16.9 Å². The van der Waals surface area contributed by atoms with Gasteiger partial charge in [0.2, 0.25) is 0 Å². The molecule has 0 radical (unpaired) electrons. The first-order chi connectivity index (χ1) is 9.54. The van der Waals surface area contributed by atoms with Crippen LogP contribution in [0.25, 0.3) is 0 Å². The second-order valence-corrected chi connectivity index (χ2v) is 6.09. The van der Waals surface area contributed by atoms with E-state index in [2.05, 4.69) is 15.9 Å². The van der Waals surface area contributed by atoms with Gasteiger partial charge < -0.3 is 10.5 Å². The lowest BCUT2D eigenvalue weighted by atomic mass is 9.93. The summed E-state index contributed by atoms with van der Waals surface area (Å²) < 4.78 is 19.8. The van der Waals surface area contributed by atoms with Crippen LogP contribution >= 0.6 is 27.5 Å². The Kier molecular flexibility index (Phi) is 3.71. The van der Waals surface area contributed by atoms with Crippen molar-refractivity contribution in [3.63, 3.8) is 0 Å². The zero-order valence-corrected chi connectivity index (χ0v) is 12.8. The van der Waals surface area contributed by atoms with Gasteiger partial charge >= 0.3 is 0 Å². The van der Waals surface area contributed by atoms with Gasteiger partial charge in [0.15, 0.2) is 0 Å². The molecule has 2 N–H and O–H groups in total. The molecule has 2 aromatic carbocycles. The lowest BCUT2D eigenvalue weighted by Crippen LogP contribution is -2.24. The van der Waals surface area contributed by atoms with Crippen LogP contribution in [-0.4, -0.2) is 0 Å². The summed E-state index contributed by atoms with van der Waals surface area (Å²) in [6.07, 6.45) is 0.422. The molecule has 1 aliphatic heterocycles. The van der Waals surface area contributed by atoms with Crippen molar-refractivity contribution in [2.24, 2.45) is 5.73 Å². The van der Waals surface area contributed by atoms with Gasteiger partial charge in [0.05, 0.1) is 0 Å². The maximum atomic E-state index is 13.2.